The van der Waals surface area contributed by atoms with Crippen LogP contribution in [0.3, 0.4) is 0 Å². The minimum atomic E-state index is -0.316. The van der Waals surface area contributed by atoms with Gasteiger partial charge < -0.3 is 19.5 Å². The van der Waals surface area contributed by atoms with Crippen molar-refractivity contribution in [3.8, 4) is 11.5 Å². The van der Waals surface area contributed by atoms with E-state index in [4.69, 9.17) is 8.83 Å². The molecule has 2 aromatic heterocycles. The van der Waals surface area contributed by atoms with Gasteiger partial charge in [0.05, 0.1) is 18.4 Å². The number of hydrogen-bond donors (Lipinski definition) is 2. The Morgan fingerprint density at radius 2 is 1.81 bits per heavy atom. The number of nitrogens with zero attached hydrogens (tertiary/aromatic N) is 1. The number of furan rings is 1. The van der Waals surface area contributed by atoms with Gasteiger partial charge in [0.1, 0.15) is 5.76 Å². The van der Waals surface area contributed by atoms with E-state index in [-0.39, 0.29) is 24.0 Å². The molecule has 2 heterocycles. The molecule has 0 aliphatic carbocycles. The van der Waals surface area contributed by atoms with Gasteiger partial charge in [-0.1, -0.05) is 18.2 Å². The van der Waals surface area contributed by atoms with E-state index in [2.05, 4.69) is 15.6 Å². The van der Waals surface area contributed by atoms with Crippen molar-refractivity contribution >= 4 is 11.8 Å². The first-order valence-electron chi connectivity index (χ1n) is 8.23. The average molecular weight is 353 g/mol. The number of aryl methyl sites for hydroxylation is 1. The molecule has 0 aliphatic heterocycles. The fourth-order valence-electron chi connectivity index (χ4n) is 2.38. The molecular formula is C19H19N3O4. The lowest BCUT2D eigenvalue weighted by molar-refractivity contribution is -0.120. The van der Waals surface area contributed by atoms with Gasteiger partial charge in [-0.2, -0.15) is 0 Å². The number of rotatable bonds is 7. The molecule has 0 saturated heterocycles. The van der Waals surface area contributed by atoms with Gasteiger partial charge in [-0.3, -0.25) is 9.59 Å². The summed E-state index contributed by atoms with van der Waals surface area (Å²) in [6, 6.07) is 12.7. The minimum absolute atomic E-state index is 0.119. The standard InChI is InChI=1S/C19H19N3O4/c1-13-15(22-19(26-13)14-6-3-2-4-7-14)12-17(23)20-9-10-21-18(24)16-8-5-11-25-16/h2-8,11H,9-10,12H2,1H3,(H,20,23)(H,21,24). The zero-order valence-corrected chi connectivity index (χ0v) is 14.3. The minimum Gasteiger partial charge on any atom is -0.459 e. The summed E-state index contributed by atoms with van der Waals surface area (Å²) in [6.45, 7) is 2.40. The molecule has 0 aliphatic rings. The van der Waals surface area contributed by atoms with Crippen LogP contribution >= 0.6 is 0 Å². The zero-order valence-electron chi connectivity index (χ0n) is 14.3. The van der Waals surface area contributed by atoms with Gasteiger partial charge in [0.15, 0.2) is 5.76 Å². The first kappa shape index (κ1) is 17.5. The lowest BCUT2D eigenvalue weighted by atomic mass is 10.2. The number of nitrogens with one attached hydrogen (secondary N) is 2. The van der Waals surface area contributed by atoms with Crippen LogP contribution in [0.15, 0.2) is 57.6 Å². The first-order valence-corrected chi connectivity index (χ1v) is 8.23. The van der Waals surface area contributed by atoms with Crippen LogP contribution in [-0.4, -0.2) is 29.9 Å². The maximum Gasteiger partial charge on any atom is 0.287 e. The average Bonchev–Trinajstić information content (AvgIpc) is 3.30. The molecule has 134 valence electrons. The van der Waals surface area contributed by atoms with E-state index in [1.165, 1.54) is 6.26 Å². The number of amides is 2. The molecule has 0 fully saturated rings. The number of benzene rings is 1. The second-order valence-electron chi connectivity index (χ2n) is 5.65. The molecule has 0 unspecified atom stereocenters. The van der Waals surface area contributed by atoms with E-state index < -0.39 is 0 Å². The van der Waals surface area contributed by atoms with Crippen LogP contribution in [0.25, 0.3) is 11.5 Å². The monoisotopic (exact) mass is 353 g/mol. The van der Waals surface area contributed by atoms with Gasteiger partial charge in [0.2, 0.25) is 11.8 Å². The third-order valence-corrected chi connectivity index (χ3v) is 3.72. The Labute approximate surface area is 150 Å². The highest BCUT2D eigenvalue weighted by Crippen LogP contribution is 2.21. The molecule has 3 aromatic rings. The molecule has 2 amide bonds. The first-order chi connectivity index (χ1) is 12.6. The number of carbonyl (C=O) groups is 2. The fourth-order valence-corrected chi connectivity index (χ4v) is 2.38. The lowest BCUT2D eigenvalue weighted by Gasteiger charge is -2.05. The van der Waals surface area contributed by atoms with E-state index in [1.54, 1.807) is 19.1 Å². The summed E-state index contributed by atoms with van der Waals surface area (Å²) in [5.74, 6) is 0.849. The van der Waals surface area contributed by atoms with Gasteiger partial charge >= 0.3 is 0 Å². The van der Waals surface area contributed by atoms with E-state index in [9.17, 15) is 9.59 Å². The highest BCUT2D eigenvalue weighted by atomic mass is 16.4. The van der Waals surface area contributed by atoms with Crippen LogP contribution in [-0.2, 0) is 11.2 Å². The van der Waals surface area contributed by atoms with Crippen molar-refractivity contribution in [2.75, 3.05) is 13.1 Å². The van der Waals surface area contributed by atoms with Crippen molar-refractivity contribution < 1.29 is 18.4 Å². The molecule has 7 heteroatoms. The number of carbonyl (C=O) groups excluding carboxylic acids is 2. The van der Waals surface area contributed by atoms with Crippen molar-refractivity contribution in [2.45, 2.75) is 13.3 Å². The molecule has 3 rings (SSSR count). The van der Waals surface area contributed by atoms with E-state index in [0.29, 0.717) is 30.4 Å². The SMILES string of the molecule is Cc1oc(-c2ccccc2)nc1CC(=O)NCCNC(=O)c1ccco1. The second-order valence-corrected chi connectivity index (χ2v) is 5.65. The summed E-state index contributed by atoms with van der Waals surface area (Å²) < 4.78 is 10.6. The molecule has 0 atom stereocenters. The second kappa shape index (κ2) is 8.15. The van der Waals surface area contributed by atoms with Crippen LogP contribution in [0.4, 0.5) is 0 Å². The maximum absolute atomic E-state index is 12.1. The lowest BCUT2D eigenvalue weighted by Crippen LogP contribution is -2.35. The summed E-state index contributed by atoms with van der Waals surface area (Å²) in [7, 11) is 0. The molecule has 26 heavy (non-hydrogen) atoms. The molecule has 0 bridgehead atoms. The molecule has 7 nitrogen and oxygen atoms in total. The number of oxazole rings is 1. The maximum atomic E-state index is 12.1. The topological polar surface area (TPSA) is 97.4 Å². The van der Waals surface area contributed by atoms with Crippen LogP contribution in [0.1, 0.15) is 22.0 Å². The highest BCUT2D eigenvalue weighted by Gasteiger charge is 2.14. The smallest absolute Gasteiger partial charge is 0.287 e. The zero-order chi connectivity index (χ0) is 18.4. The summed E-state index contributed by atoms with van der Waals surface area (Å²) >= 11 is 0. The third-order valence-electron chi connectivity index (χ3n) is 3.72. The highest BCUT2D eigenvalue weighted by molar-refractivity contribution is 5.91. The molecule has 1 aromatic carbocycles. The van der Waals surface area contributed by atoms with Crippen molar-refractivity contribution in [1.82, 2.24) is 15.6 Å². The van der Waals surface area contributed by atoms with Gasteiger partial charge in [0.25, 0.3) is 5.91 Å². The van der Waals surface area contributed by atoms with Gasteiger partial charge in [0, 0.05) is 18.7 Å². The van der Waals surface area contributed by atoms with Crippen molar-refractivity contribution in [1.29, 1.82) is 0 Å². The van der Waals surface area contributed by atoms with E-state index >= 15 is 0 Å². The molecule has 0 spiro atoms. The van der Waals surface area contributed by atoms with E-state index in [1.807, 2.05) is 30.3 Å². The van der Waals surface area contributed by atoms with Gasteiger partial charge in [-0.05, 0) is 31.2 Å². The van der Waals surface area contributed by atoms with Crippen molar-refractivity contribution in [2.24, 2.45) is 0 Å². The summed E-state index contributed by atoms with van der Waals surface area (Å²) in [6.07, 6.45) is 1.55. The number of hydrogen-bond acceptors (Lipinski definition) is 5. The Morgan fingerprint density at radius 1 is 1.04 bits per heavy atom. The molecule has 0 radical (unpaired) electrons. The Kier molecular flexibility index (Phi) is 5.48. The van der Waals surface area contributed by atoms with Gasteiger partial charge in [-0.15, -0.1) is 0 Å². The Morgan fingerprint density at radius 3 is 2.54 bits per heavy atom. The number of aromatic nitrogens is 1. The molecule has 2 N–H and O–H groups in total. The van der Waals surface area contributed by atoms with Crippen molar-refractivity contribution in [3.63, 3.8) is 0 Å². The molecule has 0 saturated carbocycles. The Hall–Kier alpha value is -3.35. The Bertz CT molecular complexity index is 870. The van der Waals surface area contributed by atoms with Crippen LogP contribution in [0.5, 0.6) is 0 Å². The summed E-state index contributed by atoms with van der Waals surface area (Å²) in [5, 5.41) is 5.40. The van der Waals surface area contributed by atoms with Crippen molar-refractivity contribution in [3.05, 3.63) is 65.9 Å². The Balaban J connectivity index is 1.46. The molecular weight excluding hydrogens is 334 g/mol. The normalized spacial score (nSPS) is 10.5. The van der Waals surface area contributed by atoms with Crippen LogP contribution in [0.2, 0.25) is 0 Å². The summed E-state index contributed by atoms with van der Waals surface area (Å²) in [5.41, 5.74) is 1.46. The quantitative estimate of drug-likeness (QED) is 0.636. The largest absolute Gasteiger partial charge is 0.459 e. The summed E-state index contributed by atoms with van der Waals surface area (Å²) in [4.78, 5) is 28.1. The fraction of sp³-hybridized carbons (Fsp3) is 0.211. The van der Waals surface area contributed by atoms with Gasteiger partial charge in [-0.25, -0.2) is 4.98 Å². The predicted octanol–water partition coefficient (Wildman–Crippen LogP) is 2.33. The van der Waals surface area contributed by atoms with E-state index in [0.717, 1.165) is 5.56 Å². The predicted molar refractivity (Wildman–Crippen MR) is 94.4 cm³/mol. The van der Waals surface area contributed by atoms with Crippen LogP contribution < -0.4 is 10.6 Å². The third kappa shape index (κ3) is 4.38. The van der Waals surface area contributed by atoms with Crippen LogP contribution in [0, 0.1) is 6.92 Å².